The van der Waals surface area contributed by atoms with Crippen LogP contribution in [0.3, 0.4) is 0 Å². The number of carbonyl (C=O) groups excluding carboxylic acids is 2. The molecule has 41 heavy (non-hydrogen) atoms. The molecule has 0 aromatic heterocycles. The fourth-order valence-corrected chi connectivity index (χ4v) is 5.88. The first-order valence-electron chi connectivity index (χ1n) is 13.8. The van der Waals surface area contributed by atoms with Gasteiger partial charge in [-0.15, -0.1) is 0 Å². The van der Waals surface area contributed by atoms with Gasteiger partial charge in [0.05, 0.1) is 19.2 Å². The van der Waals surface area contributed by atoms with Crippen LogP contribution in [0.15, 0.2) is 60.7 Å². The zero-order valence-electron chi connectivity index (χ0n) is 23.5. The van der Waals surface area contributed by atoms with Gasteiger partial charge in [-0.1, -0.05) is 35.9 Å². The van der Waals surface area contributed by atoms with Gasteiger partial charge in [0.15, 0.2) is 11.5 Å². The lowest BCUT2D eigenvalue weighted by molar-refractivity contribution is -0.118. The molecule has 0 saturated carbocycles. The van der Waals surface area contributed by atoms with Gasteiger partial charge in [-0.05, 0) is 80.3 Å². The predicted octanol–water partition coefficient (Wildman–Crippen LogP) is 5.44. The number of hydrogen-bond donors (Lipinski definition) is 1. The summed E-state index contributed by atoms with van der Waals surface area (Å²) < 4.78 is 22.6. The molecule has 0 radical (unpaired) electrons. The maximum Gasteiger partial charge on any atom is 0.292 e. The number of methoxy groups -OCH3 is 2. The first kappa shape index (κ1) is 28.8. The van der Waals surface area contributed by atoms with Crippen LogP contribution in [0.2, 0.25) is 5.02 Å². The standard InChI is InChI=1S/C32H35ClN2O6/c1-35-24-8-9-25(35)17-23(16-24)34-32(37)30(36)22-14-28(33)31(41-19-21-6-12-27(39-3)13-7-21)29(15-22)40-18-20-4-10-26(38-2)11-5-20/h4-7,10-15,23-25H,8-9,16-19H2,1-3H3,(H,34,37)/t23-,24+,25-. The number of rotatable bonds is 11. The molecule has 8 nitrogen and oxygen atoms in total. The molecular formula is C32H35ClN2O6. The highest BCUT2D eigenvalue weighted by atomic mass is 35.5. The summed E-state index contributed by atoms with van der Waals surface area (Å²) in [6.07, 6.45) is 3.95. The minimum absolute atomic E-state index is 0.0199. The molecule has 2 aliphatic heterocycles. The number of Topliss-reactive ketones (excluding diaryl/α,β-unsaturated/α-hetero) is 1. The zero-order chi connectivity index (χ0) is 28.9. The second-order valence-corrected chi connectivity index (χ2v) is 11.0. The Morgan fingerprint density at radius 1 is 0.854 bits per heavy atom. The van der Waals surface area contributed by atoms with Crippen molar-refractivity contribution in [3.8, 4) is 23.0 Å². The van der Waals surface area contributed by atoms with Crippen molar-refractivity contribution in [3.63, 3.8) is 0 Å². The van der Waals surface area contributed by atoms with E-state index >= 15 is 0 Å². The third kappa shape index (κ3) is 6.77. The Morgan fingerprint density at radius 2 is 1.39 bits per heavy atom. The molecule has 5 rings (SSSR count). The number of hydrogen-bond acceptors (Lipinski definition) is 7. The molecule has 2 bridgehead atoms. The molecule has 3 atom stereocenters. The largest absolute Gasteiger partial charge is 0.497 e. The summed E-state index contributed by atoms with van der Waals surface area (Å²) in [4.78, 5) is 28.7. The first-order valence-corrected chi connectivity index (χ1v) is 14.1. The van der Waals surface area contributed by atoms with Crippen LogP contribution < -0.4 is 24.3 Å². The third-order valence-electron chi connectivity index (χ3n) is 8.01. The fourth-order valence-electron chi connectivity index (χ4n) is 5.62. The fraction of sp³-hybridized carbons (Fsp3) is 0.375. The van der Waals surface area contributed by atoms with Crippen molar-refractivity contribution in [2.24, 2.45) is 0 Å². The minimum atomic E-state index is -0.658. The van der Waals surface area contributed by atoms with E-state index in [1.807, 2.05) is 48.5 Å². The summed E-state index contributed by atoms with van der Waals surface area (Å²) in [7, 11) is 5.35. The summed E-state index contributed by atoms with van der Waals surface area (Å²) in [5.74, 6) is 0.744. The van der Waals surface area contributed by atoms with Crippen molar-refractivity contribution in [3.05, 3.63) is 82.4 Å². The predicted molar refractivity (Wildman–Crippen MR) is 156 cm³/mol. The highest BCUT2D eigenvalue weighted by Gasteiger charge is 2.39. The van der Waals surface area contributed by atoms with E-state index in [0.29, 0.717) is 17.8 Å². The highest BCUT2D eigenvalue weighted by molar-refractivity contribution is 6.43. The topological polar surface area (TPSA) is 86.3 Å². The van der Waals surface area contributed by atoms with Gasteiger partial charge in [-0.2, -0.15) is 0 Å². The Hall–Kier alpha value is -3.75. The maximum absolute atomic E-state index is 13.3. The van der Waals surface area contributed by atoms with Crippen LogP contribution >= 0.6 is 11.6 Å². The Morgan fingerprint density at radius 3 is 1.93 bits per heavy atom. The van der Waals surface area contributed by atoms with Gasteiger partial charge in [0.1, 0.15) is 24.7 Å². The number of nitrogens with one attached hydrogen (secondary N) is 1. The van der Waals surface area contributed by atoms with Gasteiger partial charge in [-0.3, -0.25) is 9.59 Å². The van der Waals surface area contributed by atoms with Crippen LogP contribution in [0.5, 0.6) is 23.0 Å². The number of fused-ring (bicyclic) bond motifs is 2. The van der Waals surface area contributed by atoms with Crippen LogP contribution in [-0.2, 0) is 18.0 Å². The molecule has 2 fully saturated rings. The number of benzene rings is 3. The van der Waals surface area contributed by atoms with Crippen LogP contribution in [0.4, 0.5) is 0 Å². The second kappa shape index (κ2) is 12.8. The number of halogens is 1. The zero-order valence-corrected chi connectivity index (χ0v) is 24.3. The molecule has 216 valence electrons. The van der Waals surface area contributed by atoms with Gasteiger partial charge in [-0.25, -0.2) is 0 Å². The van der Waals surface area contributed by atoms with Crippen molar-refractivity contribution >= 4 is 23.3 Å². The van der Waals surface area contributed by atoms with E-state index < -0.39 is 11.7 Å². The van der Waals surface area contributed by atoms with E-state index in [1.165, 1.54) is 12.1 Å². The van der Waals surface area contributed by atoms with Gasteiger partial charge in [0, 0.05) is 23.7 Å². The van der Waals surface area contributed by atoms with E-state index in [4.69, 9.17) is 30.5 Å². The highest BCUT2D eigenvalue weighted by Crippen LogP contribution is 2.38. The smallest absolute Gasteiger partial charge is 0.292 e. The second-order valence-electron chi connectivity index (χ2n) is 10.6. The van der Waals surface area contributed by atoms with E-state index in [2.05, 4.69) is 17.3 Å². The summed E-state index contributed by atoms with van der Waals surface area (Å²) in [6, 6.07) is 18.8. The Labute approximate surface area is 245 Å². The molecular weight excluding hydrogens is 544 g/mol. The quantitative estimate of drug-likeness (QED) is 0.239. The van der Waals surface area contributed by atoms with Crippen molar-refractivity contribution in [2.45, 2.75) is 57.0 Å². The molecule has 0 aliphatic carbocycles. The number of ketones is 1. The van der Waals surface area contributed by atoms with E-state index in [-0.39, 0.29) is 35.6 Å². The molecule has 0 unspecified atom stereocenters. The molecule has 1 N–H and O–H groups in total. The number of nitrogens with zero attached hydrogens (tertiary/aromatic N) is 1. The van der Waals surface area contributed by atoms with Gasteiger partial charge < -0.3 is 29.2 Å². The third-order valence-corrected chi connectivity index (χ3v) is 8.29. The van der Waals surface area contributed by atoms with Gasteiger partial charge in [0.2, 0.25) is 5.78 Å². The van der Waals surface area contributed by atoms with E-state index in [0.717, 1.165) is 48.3 Å². The molecule has 2 aliphatic rings. The molecule has 1 amide bonds. The molecule has 2 saturated heterocycles. The average Bonchev–Trinajstić information content (AvgIpc) is 3.18. The first-order chi connectivity index (χ1) is 19.8. The summed E-state index contributed by atoms with van der Waals surface area (Å²) >= 11 is 6.64. The molecule has 0 spiro atoms. The monoisotopic (exact) mass is 578 g/mol. The lowest BCUT2D eigenvalue weighted by atomic mass is 9.97. The SMILES string of the molecule is COc1ccc(COc2cc(C(=O)C(=O)N[C@H]3C[C@H]4CC[C@@H](C3)N4C)cc(Cl)c2OCc2ccc(OC)cc2)cc1. The number of ether oxygens (including phenoxy) is 4. The molecule has 3 aromatic carbocycles. The summed E-state index contributed by atoms with van der Waals surface area (Å²) in [5.41, 5.74) is 1.92. The van der Waals surface area contributed by atoms with E-state index in [1.54, 1.807) is 14.2 Å². The van der Waals surface area contributed by atoms with Gasteiger partial charge >= 0.3 is 0 Å². The summed E-state index contributed by atoms with van der Waals surface area (Å²) in [6.45, 7) is 0.413. The maximum atomic E-state index is 13.3. The molecule has 9 heteroatoms. The Bertz CT molecular complexity index is 1360. The number of piperidine rings is 1. The summed E-state index contributed by atoms with van der Waals surface area (Å²) in [5, 5.41) is 3.14. The lowest BCUT2D eigenvalue weighted by Gasteiger charge is -2.36. The van der Waals surface area contributed by atoms with Crippen LogP contribution in [-0.4, -0.2) is 56.0 Å². The normalized spacial score (nSPS) is 19.9. The van der Waals surface area contributed by atoms with Crippen molar-refractivity contribution in [2.75, 3.05) is 21.3 Å². The minimum Gasteiger partial charge on any atom is -0.497 e. The van der Waals surface area contributed by atoms with Crippen LogP contribution in [0.25, 0.3) is 0 Å². The Balaban J connectivity index is 1.33. The van der Waals surface area contributed by atoms with Crippen molar-refractivity contribution < 1.29 is 28.5 Å². The van der Waals surface area contributed by atoms with Crippen LogP contribution in [0, 0.1) is 0 Å². The number of amides is 1. The average molecular weight is 579 g/mol. The van der Waals surface area contributed by atoms with E-state index in [9.17, 15) is 9.59 Å². The van der Waals surface area contributed by atoms with Gasteiger partial charge in [0.25, 0.3) is 5.91 Å². The lowest BCUT2D eigenvalue weighted by Crippen LogP contribution is -2.50. The molecule has 2 heterocycles. The molecule has 3 aromatic rings. The van der Waals surface area contributed by atoms with Crippen molar-refractivity contribution in [1.29, 1.82) is 0 Å². The number of carbonyl (C=O) groups is 2. The van der Waals surface area contributed by atoms with Crippen molar-refractivity contribution in [1.82, 2.24) is 10.2 Å². The van der Waals surface area contributed by atoms with Crippen LogP contribution in [0.1, 0.15) is 47.2 Å². The Kier molecular flexibility index (Phi) is 9.00.